The summed E-state index contributed by atoms with van der Waals surface area (Å²) in [7, 11) is 0. The fraction of sp³-hybridized carbons (Fsp3) is 0.429. The van der Waals surface area contributed by atoms with Crippen LogP contribution in [0, 0.1) is 5.92 Å². The number of hydrogen-bond acceptors (Lipinski definition) is 6. The number of ether oxygens (including phenoxy) is 1. The Morgan fingerprint density at radius 3 is 2.35 bits per heavy atom. The van der Waals surface area contributed by atoms with E-state index in [1.54, 1.807) is 24.3 Å². The highest BCUT2D eigenvalue weighted by molar-refractivity contribution is 6.30. The molecule has 2 aromatic rings. The number of guanidine groups is 1. The molecule has 0 heterocycles. The summed E-state index contributed by atoms with van der Waals surface area (Å²) in [4.78, 5) is 42.2. The maximum atomic E-state index is 13.6. The molecule has 3 amide bonds. The van der Waals surface area contributed by atoms with Crippen molar-refractivity contribution in [3.63, 3.8) is 0 Å². The third-order valence-corrected chi connectivity index (χ3v) is 7.05. The third-order valence-electron chi connectivity index (χ3n) is 6.80. The predicted molar refractivity (Wildman–Crippen MR) is 156 cm³/mol. The van der Waals surface area contributed by atoms with Crippen molar-refractivity contribution in [1.82, 2.24) is 5.32 Å². The van der Waals surface area contributed by atoms with Crippen LogP contribution in [-0.2, 0) is 9.59 Å². The highest BCUT2D eigenvalue weighted by atomic mass is 35.5. The van der Waals surface area contributed by atoms with Crippen molar-refractivity contribution in [2.45, 2.75) is 63.5 Å². The standard InChI is InChI=1S/C28H38ClN7O4/c29-19-9-11-20(12-10-19)40-24-16-18(25(31)37)8-13-22(24)35-27(39)23(15-17-5-2-1-3-6-17)36-26(38)21(30)7-4-14-34-28(32)33/h8-13,16-17,21,23H,1-7,14-15,30H2,(H2,31,37)(H,35,39)(H,36,38)(H4,32,33,34)/t21-,23-/m0/s1. The first-order valence-electron chi connectivity index (χ1n) is 13.4. The molecular weight excluding hydrogens is 534 g/mol. The lowest BCUT2D eigenvalue weighted by molar-refractivity contribution is -0.127. The second kappa shape index (κ2) is 15.1. The molecule has 0 radical (unpaired) electrons. The lowest BCUT2D eigenvalue weighted by Crippen LogP contribution is -2.50. The van der Waals surface area contributed by atoms with Crippen LogP contribution in [0.2, 0.25) is 5.02 Å². The average molecular weight is 572 g/mol. The molecule has 216 valence electrons. The number of benzene rings is 2. The van der Waals surface area contributed by atoms with Gasteiger partial charge in [-0.15, -0.1) is 0 Å². The van der Waals surface area contributed by atoms with Gasteiger partial charge in [-0.1, -0.05) is 43.7 Å². The second-order valence-electron chi connectivity index (χ2n) is 9.98. The molecule has 1 aliphatic carbocycles. The van der Waals surface area contributed by atoms with Crippen LogP contribution in [0.3, 0.4) is 0 Å². The molecule has 0 unspecified atom stereocenters. The van der Waals surface area contributed by atoms with E-state index in [1.807, 2.05) is 0 Å². The van der Waals surface area contributed by atoms with Crippen LogP contribution in [0.4, 0.5) is 5.69 Å². The summed E-state index contributed by atoms with van der Waals surface area (Å²) in [5.41, 5.74) is 22.8. The molecule has 0 saturated heterocycles. The van der Waals surface area contributed by atoms with Gasteiger partial charge in [0.05, 0.1) is 11.7 Å². The van der Waals surface area contributed by atoms with E-state index >= 15 is 0 Å². The van der Waals surface area contributed by atoms with Crippen molar-refractivity contribution in [2.75, 3.05) is 11.9 Å². The van der Waals surface area contributed by atoms with Crippen LogP contribution in [0.5, 0.6) is 11.5 Å². The molecule has 11 nitrogen and oxygen atoms in total. The summed E-state index contributed by atoms with van der Waals surface area (Å²) < 4.78 is 5.96. The van der Waals surface area contributed by atoms with Gasteiger partial charge >= 0.3 is 0 Å². The monoisotopic (exact) mass is 571 g/mol. The maximum absolute atomic E-state index is 13.6. The fourth-order valence-electron chi connectivity index (χ4n) is 4.63. The van der Waals surface area contributed by atoms with Gasteiger partial charge < -0.3 is 38.3 Å². The molecule has 0 spiro atoms. The lowest BCUT2D eigenvalue weighted by atomic mass is 9.84. The van der Waals surface area contributed by atoms with Gasteiger partial charge in [0.15, 0.2) is 11.7 Å². The Morgan fingerprint density at radius 1 is 1.00 bits per heavy atom. The molecule has 40 heavy (non-hydrogen) atoms. The number of primary amides is 1. The molecule has 10 N–H and O–H groups in total. The van der Waals surface area contributed by atoms with Gasteiger partial charge in [0, 0.05) is 17.1 Å². The quantitative estimate of drug-likeness (QED) is 0.120. The number of rotatable bonds is 13. The van der Waals surface area contributed by atoms with Gasteiger partial charge in [0.25, 0.3) is 0 Å². The number of amides is 3. The molecule has 1 fully saturated rings. The van der Waals surface area contributed by atoms with Crippen LogP contribution < -0.4 is 38.3 Å². The van der Waals surface area contributed by atoms with E-state index in [9.17, 15) is 14.4 Å². The lowest BCUT2D eigenvalue weighted by Gasteiger charge is -2.27. The minimum Gasteiger partial charge on any atom is -0.455 e. The van der Waals surface area contributed by atoms with Gasteiger partial charge in [-0.2, -0.15) is 0 Å². The van der Waals surface area contributed by atoms with Crippen LogP contribution in [-0.4, -0.2) is 42.3 Å². The highest BCUT2D eigenvalue weighted by Gasteiger charge is 2.28. The molecule has 12 heteroatoms. The fourth-order valence-corrected chi connectivity index (χ4v) is 4.76. The number of nitrogens with two attached hydrogens (primary N) is 4. The Labute approximate surface area is 239 Å². The van der Waals surface area contributed by atoms with E-state index in [-0.39, 0.29) is 17.3 Å². The molecule has 0 bridgehead atoms. The van der Waals surface area contributed by atoms with E-state index in [4.69, 9.17) is 39.3 Å². The first-order valence-corrected chi connectivity index (χ1v) is 13.8. The maximum Gasteiger partial charge on any atom is 0.248 e. The zero-order chi connectivity index (χ0) is 29.1. The van der Waals surface area contributed by atoms with Crippen LogP contribution in [0.25, 0.3) is 0 Å². The van der Waals surface area contributed by atoms with Crippen molar-refractivity contribution < 1.29 is 19.1 Å². The minimum atomic E-state index is -0.825. The Kier molecular flexibility index (Phi) is 11.6. The number of halogens is 1. The smallest absolute Gasteiger partial charge is 0.248 e. The molecule has 1 saturated carbocycles. The van der Waals surface area contributed by atoms with Gasteiger partial charge in [-0.3, -0.25) is 19.4 Å². The SMILES string of the molecule is NC(=O)c1ccc(NC(=O)[C@H](CC2CCCCC2)NC(=O)[C@@H](N)CCCN=C(N)N)c(Oc2ccc(Cl)cc2)c1. The molecule has 1 aliphatic rings. The average Bonchev–Trinajstić information content (AvgIpc) is 2.93. The molecule has 2 aromatic carbocycles. The van der Waals surface area contributed by atoms with E-state index in [0.717, 1.165) is 32.1 Å². The summed E-state index contributed by atoms with van der Waals surface area (Å²) in [6, 6.07) is 9.47. The Morgan fingerprint density at radius 2 is 1.70 bits per heavy atom. The molecule has 2 atom stereocenters. The van der Waals surface area contributed by atoms with Gasteiger partial charge in [-0.05, 0) is 67.6 Å². The Hall–Kier alpha value is -3.83. The molecular formula is C28H38ClN7O4. The predicted octanol–water partition coefficient (Wildman–Crippen LogP) is 3.01. The van der Waals surface area contributed by atoms with Crippen molar-refractivity contribution in [3.05, 3.63) is 53.1 Å². The van der Waals surface area contributed by atoms with E-state index < -0.39 is 29.8 Å². The van der Waals surface area contributed by atoms with Crippen molar-refractivity contribution >= 4 is 41.0 Å². The summed E-state index contributed by atoms with van der Waals surface area (Å²) >= 11 is 5.98. The van der Waals surface area contributed by atoms with E-state index in [0.29, 0.717) is 48.2 Å². The summed E-state index contributed by atoms with van der Waals surface area (Å²) in [6.45, 7) is 0.354. The van der Waals surface area contributed by atoms with Gasteiger partial charge in [0.2, 0.25) is 17.7 Å². The van der Waals surface area contributed by atoms with E-state index in [1.165, 1.54) is 18.2 Å². The van der Waals surface area contributed by atoms with Crippen molar-refractivity contribution in [1.29, 1.82) is 0 Å². The number of anilines is 1. The first-order chi connectivity index (χ1) is 19.1. The Balaban J connectivity index is 1.77. The third kappa shape index (κ3) is 9.73. The van der Waals surface area contributed by atoms with Gasteiger partial charge in [0.1, 0.15) is 11.8 Å². The number of nitrogens with zero attached hydrogens (tertiary/aromatic N) is 1. The number of hydrogen-bond donors (Lipinski definition) is 6. The van der Waals surface area contributed by atoms with Crippen molar-refractivity contribution in [3.8, 4) is 11.5 Å². The van der Waals surface area contributed by atoms with Crippen LogP contribution >= 0.6 is 11.6 Å². The van der Waals surface area contributed by atoms with Crippen LogP contribution in [0.15, 0.2) is 47.5 Å². The molecule has 0 aromatic heterocycles. The number of nitrogens with one attached hydrogen (secondary N) is 2. The zero-order valence-corrected chi connectivity index (χ0v) is 23.2. The van der Waals surface area contributed by atoms with Crippen LogP contribution in [0.1, 0.15) is 61.7 Å². The zero-order valence-electron chi connectivity index (χ0n) is 22.4. The first kappa shape index (κ1) is 30.7. The normalized spacial score (nSPS) is 14.9. The Bertz CT molecular complexity index is 1200. The molecule has 0 aliphatic heterocycles. The molecule has 3 rings (SSSR count). The largest absolute Gasteiger partial charge is 0.455 e. The highest BCUT2D eigenvalue weighted by Crippen LogP contribution is 2.32. The summed E-state index contributed by atoms with van der Waals surface area (Å²) in [5.74, 6) is -0.557. The van der Waals surface area contributed by atoms with E-state index in [2.05, 4.69) is 15.6 Å². The minimum absolute atomic E-state index is 0.0227. The second-order valence-corrected chi connectivity index (χ2v) is 10.4. The number of aliphatic imine (C=N–C) groups is 1. The number of carbonyl (C=O) groups is 3. The summed E-state index contributed by atoms with van der Waals surface area (Å²) in [6.07, 6.45) is 6.67. The van der Waals surface area contributed by atoms with Gasteiger partial charge in [-0.25, -0.2) is 0 Å². The summed E-state index contributed by atoms with van der Waals surface area (Å²) in [5, 5.41) is 6.24. The number of carbonyl (C=O) groups excluding carboxylic acids is 3. The topological polar surface area (TPSA) is 201 Å². The van der Waals surface area contributed by atoms with Crippen molar-refractivity contribution in [2.24, 2.45) is 33.8 Å².